The fourth-order valence-corrected chi connectivity index (χ4v) is 4.40. The second-order valence-corrected chi connectivity index (χ2v) is 8.03. The number of aryl methyl sites for hydroxylation is 1. The van der Waals surface area contributed by atoms with Crippen LogP contribution in [0.15, 0.2) is 55.1 Å². The van der Waals surface area contributed by atoms with Gasteiger partial charge in [0.05, 0.1) is 6.33 Å². The molecule has 1 amide bonds. The van der Waals surface area contributed by atoms with Crippen LogP contribution in [0.5, 0.6) is 0 Å². The molecule has 8 nitrogen and oxygen atoms in total. The number of aromatic nitrogens is 5. The van der Waals surface area contributed by atoms with Crippen molar-refractivity contribution in [2.24, 2.45) is 7.05 Å². The number of thiazole rings is 1. The first kappa shape index (κ1) is 19.1. The molecule has 0 fully saturated rings. The number of carbonyl (C=O) groups is 1. The minimum Gasteiger partial charge on any atom is -0.371 e. The van der Waals surface area contributed by atoms with E-state index in [0.717, 1.165) is 43.3 Å². The number of hydrogen-bond acceptors (Lipinski definition) is 7. The van der Waals surface area contributed by atoms with Crippen LogP contribution in [-0.2, 0) is 13.6 Å². The number of rotatable bonds is 5. The Morgan fingerprint density at radius 1 is 1.13 bits per heavy atom. The molecule has 0 unspecified atom stereocenters. The predicted octanol–water partition coefficient (Wildman–Crippen LogP) is 3.61. The van der Waals surface area contributed by atoms with Crippen molar-refractivity contribution in [2.75, 3.05) is 12.4 Å². The summed E-state index contributed by atoms with van der Waals surface area (Å²) in [6.45, 7) is 0.446. The number of anilines is 1. The van der Waals surface area contributed by atoms with Crippen LogP contribution < -0.4 is 10.6 Å². The van der Waals surface area contributed by atoms with Gasteiger partial charge in [0.25, 0.3) is 5.91 Å². The highest BCUT2D eigenvalue weighted by Gasteiger charge is 2.17. The van der Waals surface area contributed by atoms with Crippen molar-refractivity contribution in [1.29, 1.82) is 0 Å². The lowest BCUT2D eigenvalue weighted by molar-refractivity contribution is 0.0951. The zero-order valence-corrected chi connectivity index (χ0v) is 17.8. The molecule has 4 aromatic heterocycles. The molecule has 2 N–H and O–H groups in total. The summed E-state index contributed by atoms with van der Waals surface area (Å²) in [5.74, 6) is 0.590. The average Bonchev–Trinajstić information content (AvgIpc) is 3.41. The molecule has 0 aliphatic heterocycles. The standard InChI is InChI=1S/C22H19N7OS/c1-23-19-16-18(29(2)12-26-16)17-22(28-19)31-21(27-17)15-5-3-4-14(10-15)20(30)25-11-13-6-8-24-9-7-13/h3-10,12H,11H2,1-2H3,(H,23,28)(H,25,30). The van der Waals surface area contributed by atoms with Crippen LogP contribution >= 0.6 is 11.3 Å². The molecular formula is C22H19N7OS. The first-order valence-electron chi connectivity index (χ1n) is 9.71. The van der Waals surface area contributed by atoms with Crippen molar-refractivity contribution in [3.63, 3.8) is 0 Å². The summed E-state index contributed by atoms with van der Waals surface area (Å²) < 4.78 is 1.95. The highest BCUT2D eigenvalue weighted by molar-refractivity contribution is 7.21. The third kappa shape index (κ3) is 3.49. The van der Waals surface area contributed by atoms with Gasteiger partial charge in [0.1, 0.15) is 26.4 Å². The van der Waals surface area contributed by atoms with Gasteiger partial charge >= 0.3 is 0 Å². The van der Waals surface area contributed by atoms with Crippen molar-refractivity contribution < 1.29 is 4.79 Å². The van der Waals surface area contributed by atoms with Gasteiger partial charge in [0.15, 0.2) is 5.82 Å². The zero-order valence-electron chi connectivity index (χ0n) is 17.0. The van der Waals surface area contributed by atoms with Crippen molar-refractivity contribution in [1.82, 2.24) is 29.8 Å². The lowest BCUT2D eigenvalue weighted by atomic mass is 10.1. The van der Waals surface area contributed by atoms with E-state index >= 15 is 0 Å². The molecule has 5 aromatic rings. The highest BCUT2D eigenvalue weighted by Crippen LogP contribution is 2.35. The molecule has 154 valence electrons. The molecule has 0 spiro atoms. The summed E-state index contributed by atoms with van der Waals surface area (Å²) in [7, 11) is 3.78. The lowest BCUT2D eigenvalue weighted by Crippen LogP contribution is -2.22. The number of pyridine rings is 2. The third-order valence-electron chi connectivity index (χ3n) is 5.02. The van der Waals surface area contributed by atoms with Gasteiger partial charge in [0, 0.05) is 44.2 Å². The first-order valence-corrected chi connectivity index (χ1v) is 10.5. The van der Waals surface area contributed by atoms with E-state index < -0.39 is 0 Å². The van der Waals surface area contributed by atoms with Crippen molar-refractivity contribution in [3.05, 3.63) is 66.2 Å². The molecular weight excluding hydrogens is 410 g/mol. The van der Waals surface area contributed by atoms with Crippen molar-refractivity contribution in [2.45, 2.75) is 6.54 Å². The van der Waals surface area contributed by atoms with Gasteiger partial charge < -0.3 is 15.2 Å². The Balaban J connectivity index is 1.48. The molecule has 5 rings (SSSR count). The SMILES string of the molecule is CNc1nc2sc(-c3cccc(C(=O)NCc4ccncc4)c3)nc2c2c1ncn2C. The van der Waals surface area contributed by atoms with Gasteiger partial charge in [-0.1, -0.05) is 23.5 Å². The highest BCUT2D eigenvalue weighted by atomic mass is 32.1. The van der Waals surface area contributed by atoms with Gasteiger partial charge in [0.2, 0.25) is 0 Å². The van der Waals surface area contributed by atoms with Gasteiger partial charge in [-0.25, -0.2) is 15.0 Å². The lowest BCUT2D eigenvalue weighted by Gasteiger charge is -2.06. The summed E-state index contributed by atoms with van der Waals surface area (Å²) >= 11 is 1.50. The summed E-state index contributed by atoms with van der Waals surface area (Å²) in [6.07, 6.45) is 5.18. The van der Waals surface area contributed by atoms with E-state index in [0.29, 0.717) is 12.1 Å². The number of imidazole rings is 1. The van der Waals surface area contributed by atoms with E-state index in [1.54, 1.807) is 24.8 Å². The van der Waals surface area contributed by atoms with Crippen LogP contribution in [0.2, 0.25) is 0 Å². The quantitative estimate of drug-likeness (QED) is 0.443. The Hall–Kier alpha value is -3.85. The van der Waals surface area contributed by atoms with Crippen molar-refractivity contribution in [3.8, 4) is 10.6 Å². The van der Waals surface area contributed by atoms with E-state index in [-0.39, 0.29) is 5.91 Å². The van der Waals surface area contributed by atoms with E-state index in [2.05, 4.69) is 25.6 Å². The Kier molecular flexibility index (Phi) is 4.79. The molecule has 0 saturated carbocycles. The molecule has 4 heterocycles. The predicted molar refractivity (Wildman–Crippen MR) is 122 cm³/mol. The maximum atomic E-state index is 12.7. The Labute approximate surface area is 182 Å². The van der Waals surface area contributed by atoms with Gasteiger partial charge in [-0.05, 0) is 29.8 Å². The van der Waals surface area contributed by atoms with Crippen LogP contribution in [0.25, 0.3) is 32.0 Å². The van der Waals surface area contributed by atoms with Gasteiger partial charge in [-0.3, -0.25) is 9.78 Å². The number of benzene rings is 1. The summed E-state index contributed by atoms with van der Waals surface area (Å²) in [5, 5.41) is 6.87. The molecule has 0 atom stereocenters. The summed E-state index contributed by atoms with van der Waals surface area (Å²) in [6, 6.07) is 11.2. The number of nitrogens with zero attached hydrogens (tertiary/aromatic N) is 5. The minimum absolute atomic E-state index is 0.135. The second kappa shape index (κ2) is 7.77. The molecule has 0 aliphatic carbocycles. The Morgan fingerprint density at radius 3 is 2.77 bits per heavy atom. The number of amides is 1. The average molecular weight is 430 g/mol. The Bertz CT molecular complexity index is 1410. The molecule has 0 radical (unpaired) electrons. The van der Waals surface area contributed by atoms with Crippen molar-refractivity contribution >= 4 is 44.4 Å². The minimum atomic E-state index is -0.135. The number of nitrogens with one attached hydrogen (secondary N) is 2. The Morgan fingerprint density at radius 2 is 1.97 bits per heavy atom. The zero-order chi connectivity index (χ0) is 21.4. The largest absolute Gasteiger partial charge is 0.371 e. The fourth-order valence-electron chi connectivity index (χ4n) is 3.46. The molecule has 1 aromatic carbocycles. The summed E-state index contributed by atoms with van der Waals surface area (Å²) in [5.41, 5.74) is 4.99. The number of fused-ring (bicyclic) bond motifs is 3. The molecule has 0 aliphatic rings. The normalized spacial score (nSPS) is 11.2. The van der Waals surface area contributed by atoms with Crippen LogP contribution in [0.3, 0.4) is 0 Å². The third-order valence-corrected chi connectivity index (χ3v) is 6.02. The van der Waals surface area contributed by atoms with Crippen LogP contribution in [-0.4, -0.2) is 37.5 Å². The van der Waals surface area contributed by atoms with E-state index in [1.165, 1.54) is 11.3 Å². The number of hydrogen-bond donors (Lipinski definition) is 2. The van der Waals surface area contributed by atoms with Crippen LogP contribution in [0.4, 0.5) is 5.82 Å². The molecule has 9 heteroatoms. The molecule has 31 heavy (non-hydrogen) atoms. The second-order valence-electron chi connectivity index (χ2n) is 7.05. The van der Waals surface area contributed by atoms with E-state index in [4.69, 9.17) is 4.98 Å². The molecule has 0 saturated heterocycles. The maximum Gasteiger partial charge on any atom is 0.251 e. The topological polar surface area (TPSA) is 97.6 Å². The van der Waals surface area contributed by atoms with E-state index in [1.807, 2.05) is 49.0 Å². The van der Waals surface area contributed by atoms with Gasteiger partial charge in [-0.15, -0.1) is 0 Å². The monoisotopic (exact) mass is 429 g/mol. The first-order chi connectivity index (χ1) is 15.1. The van der Waals surface area contributed by atoms with Crippen LogP contribution in [0, 0.1) is 0 Å². The van der Waals surface area contributed by atoms with E-state index in [9.17, 15) is 4.79 Å². The fraction of sp³-hybridized carbons (Fsp3) is 0.136. The number of carbonyl (C=O) groups excluding carboxylic acids is 1. The smallest absolute Gasteiger partial charge is 0.251 e. The summed E-state index contributed by atoms with van der Waals surface area (Å²) in [4.78, 5) is 31.5. The van der Waals surface area contributed by atoms with Gasteiger partial charge in [-0.2, -0.15) is 0 Å². The van der Waals surface area contributed by atoms with Crippen LogP contribution in [0.1, 0.15) is 15.9 Å². The maximum absolute atomic E-state index is 12.7. The molecule has 0 bridgehead atoms.